The maximum absolute atomic E-state index is 13.3. The first-order chi connectivity index (χ1) is 10.4. The highest BCUT2D eigenvalue weighted by atomic mass is 35.5. The summed E-state index contributed by atoms with van der Waals surface area (Å²) in [6, 6.07) is 6.62. The molecule has 23 heavy (non-hydrogen) atoms. The largest absolute Gasteiger partial charge is 0.479 e. The van der Waals surface area contributed by atoms with Gasteiger partial charge in [0.05, 0.1) is 0 Å². The Morgan fingerprint density at radius 3 is 2.26 bits per heavy atom. The molecule has 0 aromatic heterocycles. The van der Waals surface area contributed by atoms with E-state index in [9.17, 15) is 23.1 Å². The molecule has 0 amide bonds. The number of rotatable bonds is 6. The molecule has 2 N–H and O–H groups in total. The Bertz CT molecular complexity index is 572. The van der Waals surface area contributed by atoms with Crippen LogP contribution >= 0.6 is 11.6 Å². The predicted octanol–water partition coefficient (Wildman–Crippen LogP) is 4.31. The van der Waals surface area contributed by atoms with Gasteiger partial charge in [0, 0.05) is 10.9 Å². The lowest BCUT2D eigenvalue weighted by molar-refractivity contribution is -0.286. The molecular weight excluding hydrogens is 333 g/mol. The van der Waals surface area contributed by atoms with Crippen molar-refractivity contribution in [1.82, 2.24) is 0 Å². The molecule has 7 heteroatoms. The third-order valence-electron chi connectivity index (χ3n) is 4.16. The molecule has 0 saturated heterocycles. The number of aliphatic hydroxyl groups is 1. The van der Waals surface area contributed by atoms with Crippen molar-refractivity contribution < 1.29 is 28.2 Å². The van der Waals surface area contributed by atoms with E-state index in [1.807, 2.05) is 0 Å². The minimum Gasteiger partial charge on any atom is -0.479 e. The topological polar surface area (TPSA) is 57.5 Å². The highest BCUT2D eigenvalue weighted by molar-refractivity contribution is 6.30. The fourth-order valence-corrected chi connectivity index (χ4v) is 3.39. The van der Waals surface area contributed by atoms with E-state index in [1.165, 1.54) is 20.8 Å². The Balaban J connectivity index is 3.27. The number of hydrogen-bond acceptors (Lipinski definition) is 2. The SMILES string of the molecule is CCC(C(C)(C)Cc1cccc(Cl)c1)C(O)(C(=O)O)C(F)(F)F. The Hall–Kier alpha value is -1.27. The lowest BCUT2D eigenvalue weighted by atomic mass is 9.65. The molecular formula is C16H20ClF3O3. The molecule has 3 nitrogen and oxygen atoms in total. The van der Waals surface area contributed by atoms with Crippen LogP contribution in [0.25, 0.3) is 0 Å². The average Bonchev–Trinajstić information content (AvgIpc) is 2.36. The summed E-state index contributed by atoms with van der Waals surface area (Å²) in [5, 5.41) is 19.5. The molecule has 1 aromatic rings. The molecule has 2 atom stereocenters. The molecule has 1 aromatic carbocycles. The van der Waals surface area contributed by atoms with Crippen LogP contribution < -0.4 is 0 Å². The summed E-state index contributed by atoms with van der Waals surface area (Å²) in [5.41, 5.74) is -4.25. The van der Waals surface area contributed by atoms with Gasteiger partial charge in [-0.05, 0) is 36.0 Å². The quantitative estimate of drug-likeness (QED) is 0.802. The Morgan fingerprint density at radius 1 is 1.30 bits per heavy atom. The lowest BCUT2D eigenvalue weighted by Gasteiger charge is -2.43. The van der Waals surface area contributed by atoms with Gasteiger partial charge in [0.1, 0.15) is 0 Å². The van der Waals surface area contributed by atoms with E-state index in [2.05, 4.69) is 0 Å². The number of carboxylic acid groups (broad SMARTS) is 1. The van der Waals surface area contributed by atoms with Gasteiger partial charge in [0.25, 0.3) is 5.60 Å². The summed E-state index contributed by atoms with van der Waals surface area (Å²) in [7, 11) is 0. The third-order valence-corrected chi connectivity index (χ3v) is 4.40. The van der Waals surface area contributed by atoms with E-state index in [1.54, 1.807) is 24.3 Å². The van der Waals surface area contributed by atoms with Gasteiger partial charge in [0.2, 0.25) is 0 Å². The average molecular weight is 353 g/mol. The van der Waals surface area contributed by atoms with E-state index in [0.29, 0.717) is 10.6 Å². The second-order valence-corrected chi connectivity index (χ2v) is 6.76. The molecule has 0 saturated carbocycles. The van der Waals surface area contributed by atoms with Crippen molar-refractivity contribution in [3.63, 3.8) is 0 Å². The summed E-state index contributed by atoms with van der Waals surface area (Å²) in [6.07, 6.45) is -5.27. The molecule has 0 spiro atoms. The smallest absolute Gasteiger partial charge is 0.428 e. The van der Waals surface area contributed by atoms with Crippen LogP contribution in [0.2, 0.25) is 5.02 Å². The highest BCUT2D eigenvalue weighted by Gasteiger charge is 2.66. The molecule has 0 bridgehead atoms. The van der Waals surface area contributed by atoms with Gasteiger partial charge >= 0.3 is 12.1 Å². The molecule has 0 aliphatic rings. The summed E-state index contributed by atoms with van der Waals surface area (Å²) in [5.74, 6) is -3.80. The monoisotopic (exact) mass is 352 g/mol. The standard InChI is InChI=1S/C16H20ClF3O3/c1-4-12(15(23,13(21)22)16(18,19)20)14(2,3)9-10-6-5-7-11(17)8-10/h5-8,12,23H,4,9H2,1-3H3,(H,21,22). The Labute approximate surface area is 138 Å². The van der Waals surface area contributed by atoms with E-state index in [-0.39, 0.29) is 12.8 Å². The van der Waals surface area contributed by atoms with Gasteiger partial charge in [-0.1, -0.05) is 44.5 Å². The van der Waals surface area contributed by atoms with Crippen molar-refractivity contribution in [3.8, 4) is 0 Å². The van der Waals surface area contributed by atoms with Crippen LogP contribution in [0.15, 0.2) is 24.3 Å². The van der Waals surface area contributed by atoms with Crippen LogP contribution in [0, 0.1) is 11.3 Å². The minimum atomic E-state index is -5.27. The summed E-state index contributed by atoms with van der Waals surface area (Å²) >= 11 is 5.88. The van der Waals surface area contributed by atoms with Gasteiger partial charge < -0.3 is 10.2 Å². The van der Waals surface area contributed by atoms with Crippen LogP contribution in [-0.2, 0) is 11.2 Å². The fraction of sp³-hybridized carbons (Fsp3) is 0.562. The minimum absolute atomic E-state index is 0.143. The molecule has 2 unspecified atom stereocenters. The number of halogens is 4. The fourth-order valence-electron chi connectivity index (χ4n) is 3.18. The number of carbonyl (C=O) groups is 1. The first kappa shape index (κ1) is 19.8. The number of aliphatic carboxylic acids is 1. The summed E-state index contributed by atoms with van der Waals surface area (Å²) in [6.45, 7) is 4.47. The van der Waals surface area contributed by atoms with Crippen LogP contribution in [0.3, 0.4) is 0 Å². The van der Waals surface area contributed by atoms with Gasteiger partial charge in [0.15, 0.2) is 0 Å². The van der Waals surface area contributed by atoms with Crippen LogP contribution in [0.1, 0.15) is 32.8 Å². The molecule has 1 rings (SSSR count). The van der Waals surface area contributed by atoms with Gasteiger partial charge in [-0.25, -0.2) is 4.79 Å². The Morgan fingerprint density at radius 2 is 1.87 bits per heavy atom. The summed E-state index contributed by atoms with van der Waals surface area (Å²) < 4.78 is 39.8. The van der Waals surface area contributed by atoms with Gasteiger partial charge in [-0.15, -0.1) is 0 Å². The zero-order chi connectivity index (χ0) is 18.1. The molecule has 0 aliphatic carbocycles. The predicted molar refractivity (Wildman–Crippen MR) is 81.4 cm³/mol. The van der Waals surface area contributed by atoms with Crippen molar-refractivity contribution in [1.29, 1.82) is 0 Å². The highest BCUT2D eigenvalue weighted by Crippen LogP contribution is 2.47. The van der Waals surface area contributed by atoms with E-state index < -0.39 is 29.1 Å². The van der Waals surface area contributed by atoms with Crippen molar-refractivity contribution in [2.45, 2.75) is 45.4 Å². The number of benzene rings is 1. The van der Waals surface area contributed by atoms with Crippen molar-refractivity contribution in [3.05, 3.63) is 34.9 Å². The number of alkyl halides is 3. The molecule has 0 radical (unpaired) electrons. The third kappa shape index (κ3) is 3.98. The molecule has 0 heterocycles. The Kier molecular flexibility index (Phi) is 5.75. The van der Waals surface area contributed by atoms with E-state index >= 15 is 0 Å². The maximum atomic E-state index is 13.3. The van der Waals surface area contributed by atoms with Crippen molar-refractivity contribution in [2.75, 3.05) is 0 Å². The van der Waals surface area contributed by atoms with E-state index in [0.717, 1.165) is 0 Å². The number of hydrogen-bond donors (Lipinski definition) is 2. The molecule has 0 fully saturated rings. The van der Waals surface area contributed by atoms with Crippen LogP contribution in [-0.4, -0.2) is 28.0 Å². The molecule has 130 valence electrons. The maximum Gasteiger partial charge on any atom is 0.428 e. The summed E-state index contributed by atoms with van der Waals surface area (Å²) in [4.78, 5) is 11.2. The van der Waals surface area contributed by atoms with Crippen LogP contribution in [0.5, 0.6) is 0 Å². The van der Waals surface area contributed by atoms with E-state index in [4.69, 9.17) is 16.7 Å². The normalized spacial score (nSPS) is 16.7. The molecule has 0 aliphatic heterocycles. The van der Waals surface area contributed by atoms with Gasteiger partial charge in [-0.2, -0.15) is 13.2 Å². The zero-order valence-corrected chi connectivity index (χ0v) is 13.9. The number of carboxylic acids is 1. The second kappa shape index (κ2) is 6.69. The second-order valence-electron chi connectivity index (χ2n) is 6.33. The van der Waals surface area contributed by atoms with Gasteiger partial charge in [-0.3, -0.25) is 0 Å². The first-order valence-electron chi connectivity index (χ1n) is 7.13. The zero-order valence-electron chi connectivity index (χ0n) is 13.1. The van der Waals surface area contributed by atoms with Crippen molar-refractivity contribution in [2.24, 2.45) is 11.3 Å². The van der Waals surface area contributed by atoms with Crippen molar-refractivity contribution >= 4 is 17.6 Å². The van der Waals surface area contributed by atoms with Crippen LogP contribution in [0.4, 0.5) is 13.2 Å². The first-order valence-corrected chi connectivity index (χ1v) is 7.51. The lowest BCUT2D eigenvalue weighted by Crippen LogP contribution is -2.61.